The molecular formula is C24H25Cl2N5O4. The third-order valence-corrected chi connectivity index (χ3v) is 6.98. The molecule has 1 aliphatic carbocycles. The van der Waals surface area contributed by atoms with E-state index in [-0.39, 0.29) is 23.3 Å². The summed E-state index contributed by atoms with van der Waals surface area (Å²) >= 11 is 11.9. The number of nitrogens with zero attached hydrogens (tertiary/aromatic N) is 3. The Morgan fingerprint density at radius 2 is 1.71 bits per heavy atom. The zero-order chi connectivity index (χ0) is 24.4. The van der Waals surface area contributed by atoms with Crippen LogP contribution in [0.15, 0.2) is 35.0 Å². The van der Waals surface area contributed by atoms with Crippen LogP contribution in [-0.4, -0.2) is 59.0 Å². The lowest BCUT2D eigenvalue weighted by Gasteiger charge is -2.38. The molecule has 2 fully saturated rings. The van der Waals surface area contributed by atoms with Gasteiger partial charge >= 0.3 is 0 Å². The van der Waals surface area contributed by atoms with Crippen molar-refractivity contribution < 1.29 is 18.7 Å². The Balaban J connectivity index is 1.32. The number of carbonyl (C=O) groups excluding carboxylic acids is 2. The van der Waals surface area contributed by atoms with Crippen molar-refractivity contribution in [2.24, 2.45) is 5.92 Å². The highest BCUT2D eigenvalue weighted by Crippen LogP contribution is 2.34. The number of hydrogen-bond donors (Lipinski definition) is 2. The van der Waals surface area contributed by atoms with Crippen LogP contribution in [0, 0.1) is 5.92 Å². The highest BCUT2D eigenvalue weighted by atomic mass is 35.5. The molecule has 9 nitrogen and oxygen atoms in total. The van der Waals surface area contributed by atoms with E-state index in [2.05, 4.69) is 25.5 Å². The molecule has 0 spiro atoms. The van der Waals surface area contributed by atoms with Crippen LogP contribution in [-0.2, 0) is 9.53 Å². The van der Waals surface area contributed by atoms with Gasteiger partial charge in [0, 0.05) is 43.5 Å². The number of rotatable bonds is 5. The second kappa shape index (κ2) is 10.5. The first-order valence-electron chi connectivity index (χ1n) is 11.6. The molecule has 0 bridgehead atoms. The van der Waals surface area contributed by atoms with Gasteiger partial charge in [0.15, 0.2) is 5.58 Å². The van der Waals surface area contributed by atoms with Gasteiger partial charge in [-0.05, 0) is 37.8 Å². The molecule has 11 heteroatoms. The first-order chi connectivity index (χ1) is 17.0. The third kappa shape index (κ3) is 5.43. The minimum atomic E-state index is -0.569. The number of nitrogens with one attached hydrogen (secondary N) is 2. The molecule has 1 aliphatic heterocycles. The van der Waals surface area contributed by atoms with Crippen molar-refractivity contribution in [3.05, 3.63) is 46.4 Å². The Kier molecular flexibility index (Phi) is 7.19. The van der Waals surface area contributed by atoms with Crippen LogP contribution >= 0.6 is 23.2 Å². The highest BCUT2D eigenvalue weighted by Gasteiger charge is 2.32. The minimum absolute atomic E-state index is 0.0677. The number of furan rings is 1. The lowest BCUT2D eigenvalue weighted by molar-refractivity contribution is -0.121. The summed E-state index contributed by atoms with van der Waals surface area (Å²) in [6.07, 6.45) is 6.33. The van der Waals surface area contributed by atoms with Gasteiger partial charge < -0.3 is 19.8 Å². The molecular weight excluding hydrogens is 493 g/mol. The van der Waals surface area contributed by atoms with E-state index in [0.29, 0.717) is 33.0 Å². The zero-order valence-electron chi connectivity index (χ0n) is 18.9. The molecule has 184 valence electrons. The molecule has 2 amide bonds. The maximum Gasteiger partial charge on any atom is 0.294 e. The molecule has 3 aromatic heterocycles. The van der Waals surface area contributed by atoms with Crippen molar-refractivity contribution in [3.63, 3.8) is 0 Å². The molecule has 5 rings (SSSR count). The molecule has 35 heavy (non-hydrogen) atoms. The highest BCUT2D eigenvalue weighted by molar-refractivity contribution is 6.31. The van der Waals surface area contributed by atoms with E-state index in [0.717, 1.165) is 52.0 Å². The van der Waals surface area contributed by atoms with Crippen molar-refractivity contribution in [2.45, 2.75) is 31.7 Å². The molecule has 2 N–H and O–H groups in total. The fourth-order valence-electron chi connectivity index (χ4n) is 4.72. The third-order valence-electron chi connectivity index (χ3n) is 6.55. The van der Waals surface area contributed by atoms with Crippen LogP contribution in [0.5, 0.6) is 0 Å². The summed E-state index contributed by atoms with van der Waals surface area (Å²) < 4.78 is 11.2. The van der Waals surface area contributed by atoms with Gasteiger partial charge in [-0.25, -0.2) is 9.97 Å². The number of anilines is 2. The van der Waals surface area contributed by atoms with E-state index in [1.165, 1.54) is 12.4 Å². The van der Waals surface area contributed by atoms with Crippen LogP contribution in [0.1, 0.15) is 36.2 Å². The maximum atomic E-state index is 13.2. The molecule has 0 unspecified atom stereocenters. The normalized spacial score (nSPS) is 21.1. The predicted molar refractivity (Wildman–Crippen MR) is 133 cm³/mol. The number of fused-ring (bicyclic) bond motifs is 1. The maximum absolute atomic E-state index is 13.2. The Morgan fingerprint density at radius 3 is 2.43 bits per heavy atom. The predicted octanol–water partition coefficient (Wildman–Crippen LogP) is 4.61. The SMILES string of the molecule is O=C(Nc1ccc(Cl)cn1)c1oc2cc(Cl)cnc2c1NC(=O)[C@H]1CC[C@H](N2CCOCC2)CC1. The average Bonchev–Trinajstić information content (AvgIpc) is 3.23. The number of morpholine rings is 1. The smallest absolute Gasteiger partial charge is 0.294 e. The minimum Gasteiger partial charge on any atom is -0.447 e. The number of pyridine rings is 2. The van der Waals surface area contributed by atoms with Crippen molar-refractivity contribution in [1.29, 1.82) is 0 Å². The van der Waals surface area contributed by atoms with E-state index < -0.39 is 5.91 Å². The van der Waals surface area contributed by atoms with Crippen molar-refractivity contribution in [1.82, 2.24) is 14.9 Å². The summed E-state index contributed by atoms with van der Waals surface area (Å²) in [6, 6.07) is 5.22. The number of halogens is 2. The molecule has 2 aliphatic rings. The lowest BCUT2D eigenvalue weighted by Crippen LogP contribution is -2.45. The molecule has 0 radical (unpaired) electrons. The van der Waals surface area contributed by atoms with Gasteiger partial charge in [0.1, 0.15) is 17.0 Å². The molecule has 3 aromatic rings. The van der Waals surface area contributed by atoms with Gasteiger partial charge in [-0.1, -0.05) is 23.2 Å². The lowest BCUT2D eigenvalue weighted by atomic mass is 9.84. The second-order valence-corrected chi connectivity index (χ2v) is 9.64. The fraction of sp³-hybridized carbons (Fsp3) is 0.417. The number of carbonyl (C=O) groups is 2. The van der Waals surface area contributed by atoms with Crippen LogP contribution in [0.2, 0.25) is 10.0 Å². The standard InChI is InChI=1S/C24H25Cl2N5O4/c25-15-3-6-19(27-12-15)29-24(33)22-21(20-18(35-22)11-16(26)13-28-20)30-23(32)14-1-4-17(5-2-14)31-7-9-34-10-8-31/h3,6,11-14,17H,1-2,4-5,7-10H2,(H,30,32)(H,27,29,33)/t14-,17-. The summed E-state index contributed by atoms with van der Waals surface area (Å²) in [5.41, 5.74) is 0.889. The van der Waals surface area contributed by atoms with E-state index >= 15 is 0 Å². The molecule has 0 aromatic carbocycles. The van der Waals surface area contributed by atoms with Gasteiger partial charge in [-0.3, -0.25) is 14.5 Å². The van der Waals surface area contributed by atoms with Crippen LogP contribution in [0.4, 0.5) is 11.5 Å². The van der Waals surface area contributed by atoms with Crippen molar-refractivity contribution in [2.75, 3.05) is 36.9 Å². The number of aromatic nitrogens is 2. The summed E-state index contributed by atoms with van der Waals surface area (Å²) in [6.45, 7) is 3.41. The van der Waals surface area contributed by atoms with Gasteiger partial charge in [0.2, 0.25) is 11.7 Å². The van der Waals surface area contributed by atoms with Gasteiger partial charge in [0.25, 0.3) is 5.91 Å². The Morgan fingerprint density at radius 1 is 0.971 bits per heavy atom. The fourth-order valence-corrected chi connectivity index (χ4v) is 4.98. The van der Waals surface area contributed by atoms with Gasteiger partial charge in [0.05, 0.1) is 23.3 Å². The van der Waals surface area contributed by atoms with Crippen molar-refractivity contribution >= 4 is 57.6 Å². The number of ether oxygens (including phenoxy) is 1. The summed E-state index contributed by atoms with van der Waals surface area (Å²) in [4.78, 5) is 37.1. The average molecular weight is 518 g/mol. The topological polar surface area (TPSA) is 110 Å². The first kappa shape index (κ1) is 24.0. The van der Waals surface area contributed by atoms with Crippen LogP contribution < -0.4 is 10.6 Å². The number of hydrogen-bond acceptors (Lipinski definition) is 7. The largest absolute Gasteiger partial charge is 0.447 e. The Hall–Kier alpha value is -2.72. The summed E-state index contributed by atoms with van der Waals surface area (Å²) in [5.74, 6) is -0.645. The van der Waals surface area contributed by atoms with E-state index in [1.54, 1.807) is 18.2 Å². The monoisotopic (exact) mass is 517 g/mol. The van der Waals surface area contributed by atoms with E-state index in [9.17, 15) is 9.59 Å². The summed E-state index contributed by atoms with van der Waals surface area (Å²) in [5, 5.41) is 6.39. The number of amides is 2. The molecule has 1 saturated carbocycles. The van der Waals surface area contributed by atoms with Gasteiger partial charge in [-0.2, -0.15) is 0 Å². The second-order valence-electron chi connectivity index (χ2n) is 8.77. The van der Waals surface area contributed by atoms with E-state index in [4.69, 9.17) is 32.4 Å². The van der Waals surface area contributed by atoms with Crippen molar-refractivity contribution in [3.8, 4) is 0 Å². The quantitative estimate of drug-likeness (QED) is 0.508. The van der Waals surface area contributed by atoms with E-state index in [1.807, 2.05) is 0 Å². The first-order valence-corrected chi connectivity index (χ1v) is 12.4. The summed E-state index contributed by atoms with van der Waals surface area (Å²) in [7, 11) is 0. The molecule has 4 heterocycles. The Bertz CT molecular complexity index is 1220. The molecule has 1 saturated heterocycles. The zero-order valence-corrected chi connectivity index (χ0v) is 20.4. The van der Waals surface area contributed by atoms with Crippen LogP contribution in [0.3, 0.4) is 0 Å². The van der Waals surface area contributed by atoms with Crippen LogP contribution in [0.25, 0.3) is 11.1 Å². The molecule has 0 atom stereocenters. The Labute approximate surface area is 212 Å². The van der Waals surface area contributed by atoms with Gasteiger partial charge in [-0.15, -0.1) is 0 Å².